The van der Waals surface area contributed by atoms with Crippen molar-refractivity contribution in [1.82, 2.24) is 4.90 Å². The minimum atomic E-state index is 0.361. The van der Waals surface area contributed by atoms with Crippen molar-refractivity contribution >= 4 is 33.1 Å². The molecule has 2 aliphatic rings. The summed E-state index contributed by atoms with van der Waals surface area (Å²) in [7, 11) is 0. The molecule has 1 unspecified atom stereocenters. The minimum absolute atomic E-state index is 0.361. The number of nitrogens with two attached hydrogens (primary N) is 1. The number of piperidine rings is 1. The lowest BCUT2D eigenvalue weighted by atomic mass is 9.97. The maximum absolute atomic E-state index is 5.81. The van der Waals surface area contributed by atoms with E-state index in [0.29, 0.717) is 10.9 Å². The van der Waals surface area contributed by atoms with E-state index in [-0.39, 0.29) is 0 Å². The van der Waals surface area contributed by atoms with Crippen LogP contribution in [-0.2, 0) is 13.0 Å². The van der Waals surface area contributed by atoms with Crippen LogP contribution in [0.25, 0.3) is 0 Å². The minimum Gasteiger partial charge on any atom is -0.493 e. The number of thiocarbonyl (C=S) groups is 1. The molecule has 1 atom stereocenters. The quantitative estimate of drug-likeness (QED) is 0.847. The molecule has 2 aliphatic heterocycles. The number of hydrogen-bond acceptors (Lipinski definition) is 3. The monoisotopic (exact) mass is 354 g/mol. The molecule has 0 radical (unpaired) electrons. The highest BCUT2D eigenvalue weighted by Crippen LogP contribution is 2.34. The number of halogens is 1. The van der Waals surface area contributed by atoms with Gasteiger partial charge in [-0.2, -0.15) is 0 Å². The van der Waals surface area contributed by atoms with E-state index in [0.717, 1.165) is 49.3 Å². The average molecular weight is 355 g/mol. The standard InChI is InChI=1S/C15H19BrN2OS/c16-13-6-10-3-5-19-14(10)12(7-13)9-18-4-1-2-11(8-18)15(17)20/h6-7,11H,1-5,8-9H2,(H2,17,20). The fraction of sp³-hybridized carbons (Fsp3) is 0.533. The lowest BCUT2D eigenvalue weighted by molar-refractivity contribution is 0.194. The van der Waals surface area contributed by atoms with Gasteiger partial charge in [-0.3, -0.25) is 4.90 Å². The molecule has 0 aliphatic carbocycles. The molecule has 0 saturated carbocycles. The number of nitrogens with zero attached hydrogens (tertiary/aromatic N) is 1. The van der Waals surface area contributed by atoms with Gasteiger partial charge in [0.2, 0.25) is 0 Å². The summed E-state index contributed by atoms with van der Waals surface area (Å²) in [6.07, 6.45) is 3.30. The van der Waals surface area contributed by atoms with Crippen molar-refractivity contribution in [2.75, 3.05) is 19.7 Å². The number of likely N-dealkylation sites (tertiary alicyclic amines) is 1. The number of benzene rings is 1. The third-order valence-electron chi connectivity index (χ3n) is 4.13. The van der Waals surface area contributed by atoms with Crippen LogP contribution >= 0.6 is 28.1 Å². The van der Waals surface area contributed by atoms with Crippen molar-refractivity contribution in [3.8, 4) is 5.75 Å². The first-order valence-electron chi connectivity index (χ1n) is 7.09. The van der Waals surface area contributed by atoms with E-state index < -0.39 is 0 Å². The number of rotatable bonds is 3. The van der Waals surface area contributed by atoms with Gasteiger partial charge in [0, 0.05) is 35.5 Å². The van der Waals surface area contributed by atoms with Gasteiger partial charge in [0.1, 0.15) is 5.75 Å². The highest BCUT2D eigenvalue weighted by atomic mass is 79.9. The van der Waals surface area contributed by atoms with E-state index >= 15 is 0 Å². The van der Waals surface area contributed by atoms with Crippen molar-refractivity contribution in [3.63, 3.8) is 0 Å². The lowest BCUT2D eigenvalue weighted by Gasteiger charge is -2.32. The molecule has 1 fully saturated rings. The Morgan fingerprint density at radius 2 is 2.35 bits per heavy atom. The van der Waals surface area contributed by atoms with Gasteiger partial charge in [-0.15, -0.1) is 0 Å². The summed E-state index contributed by atoms with van der Waals surface area (Å²) in [6, 6.07) is 4.34. The summed E-state index contributed by atoms with van der Waals surface area (Å²) >= 11 is 8.75. The Balaban J connectivity index is 1.76. The predicted molar refractivity (Wildman–Crippen MR) is 88.1 cm³/mol. The highest BCUT2D eigenvalue weighted by molar-refractivity contribution is 9.10. The van der Waals surface area contributed by atoms with Crippen LogP contribution in [0.3, 0.4) is 0 Å². The van der Waals surface area contributed by atoms with Crippen molar-refractivity contribution in [2.45, 2.75) is 25.8 Å². The topological polar surface area (TPSA) is 38.5 Å². The lowest BCUT2D eigenvalue weighted by Crippen LogP contribution is -2.40. The van der Waals surface area contributed by atoms with Crippen LogP contribution in [0, 0.1) is 5.92 Å². The molecular formula is C15H19BrN2OS. The number of fused-ring (bicyclic) bond motifs is 1. The van der Waals surface area contributed by atoms with Crippen LogP contribution in [0.2, 0.25) is 0 Å². The molecule has 1 saturated heterocycles. The van der Waals surface area contributed by atoms with Gasteiger partial charge < -0.3 is 10.5 Å². The molecule has 0 spiro atoms. The fourth-order valence-corrected chi connectivity index (χ4v) is 3.88. The number of hydrogen-bond donors (Lipinski definition) is 1. The SMILES string of the molecule is NC(=S)C1CCCN(Cc2cc(Br)cc3c2OCC3)C1. The number of ether oxygens (including phenoxy) is 1. The van der Waals surface area contributed by atoms with E-state index in [9.17, 15) is 0 Å². The van der Waals surface area contributed by atoms with Crippen molar-refractivity contribution in [3.05, 3.63) is 27.7 Å². The zero-order chi connectivity index (χ0) is 14.1. The van der Waals surface area contributed by atoms with Crippen LogP contribution in [0.1, 0.15) is 24.0 Å². The van der Waals surface area contributed by atoms with Gasteiger partial charge in [0.05, 0.1) is 11.6 Å². The largest absolute Gasteiger partial charge is 0.493 e. The van der Waals surface area contributed by atoms with Crippen LogP contribution in [0.15, 0.2) is 16.6 Å². The van der Waals surface area contributed by atoms with E-state index in [2.05, 4.69) is 33.0 Å². The Bertz CT molecular complexity index is 535. The van der Waals surface area contributed by atoms with Crippen molar-refractivity contribution in [2.24, 2.45) is 11.7 Å². The van der Waals surface area contributed by atoms with Gasteiger partial charge in [-0.25, -0.2) is 0 Å². The molecule has 5 heteroatoms. The molecule has 3 nitrogen and oxygen atoms in total. The molecule has 0 bridgehead atoms. The summed E-state index contributed by atoms with van der Waals surface area (Å²) in [6.45, 7) is 3.80. The highest BCUT2D eigenvalue weighted by Gasteiger charge is 2.24. The van der Waals surface area contributed by atoms with Crippen molar-refractivity contribution in [1.29, 1.82) is 0 Å². The molecule has 2 heterocycles. The van der Waals surface area contributed by atoms with Crippen LogP contribution in [0.5, 0.6) is 5.75 Å². The van der Waals surface area contributed by atoms with Crippen LogP contribution < -0.4 is 10.5 Å². The summed E-state index contributed by atoms with van der Waals surface area (Å²) in [4.78, 5) is 3.10. The molecule has 3 rings (SSSR count). The molecule has 0 aromatic heterocycles. The molecule has 1 aromatic rings. The smallest absolute Gasteiger partial charge is 0.127 e. The molecule has 0 amide bonds. The van der Waals surface area contributed by atoms with E-state index in [1.54, 1.807) is 0 Å². The Labute approximate surface area is 133 Å². The van der Waals surface area contributed by atoms with Gasteiger partial charge >= 0.3 is 0 Å². The predicted octanol–water partition coefficient (Wildman–Crippen LogP) is 2.88. The summed E-state index contributed by atoms with van der Waals surface area (Å²) in [5.41, 5.74) is 8.40. The van der Waals surface area contributed by atoms with Gasteiger partial charge in [0.15, 0.2) is 0 Å². The summed E-state index contributed by atoms with van der Waals surface area (Å²) in [5.74, 6) is 1.45. The van der Waals surface area contributed by atoms with Gasteiger partial charge in [-0.05, 0) is 37.1 Å². The molecule has 1 aromatic carbocycles. The third kappa shape index (κ3) is 3.00. The second kappa shape index (κ2) is 6.00. The second-order valence-electron chi connectivity index (χ2n) is 5.63. The maximum atomic E-state index is 5.81. The first-order chi connectivity index (χ1) is 9.63. The first-order valence-corrected chi connectivity index (χ1v) is 8.29. The van der Waals surface area contributed by atoms with Crippen LogP contribution in [-0.4, -0.2) is 29.6 Å². The Hall–Kier alpha value is -0.650. The van der Waals surface area contributed by atoms with E-state index in [1.165, 1.54) is 17.5 Å². The average Bonchev–Trinajstić information content (AvgIpc) is 2.87. The van der Waals surface area contributed by atoms with Crippen molar-refractivity contribution < 1.29 is 4.74 Å². The molecular weight excluding hydrogens is 336 g/mol. The normalized spacial score (nSPS) is 22.4. The van der Waals surface area contributed by atoms with E-state index in [1.807, 2.05) is 0 Å². The second-order valence-corrected chi connectivity index (χ2v) is 7.02. The molecule has 2 N–H and O–H groups in total. The molecule has 20 heavy (non-hydrogen) atoms. The molecule has 108 valence electrons. The fourth-order valence-electron chi connectivity index (χ4n) is 3.14. The first kappa shape index (κ1) is 14.3. The Morgan fingerprint density at radius 1 is 1.50 bits per heavy atom. The zero-order valence-electron chi connectivity index (χ0n) is 11.4. The Morgan fingerprint density at radius 3 is 3.15 bits per heavy atom. The van der Waals surface area contributed by atoms with Gasteiger partial charge in [0.25, 0.3) is 0 Å². The summed E-state index contributed by atoms with van der Waals surface area (Å²) in [5, 5.41) is 0. The van der Waals surface area contributed by atoms with Crippen LogP contribution in [0.4, 0.5) is 0 Å². The Kier molecular flexibility index (Phi) is 4.29. The zero-order valence-corrected chi connectivity index (χ0v) is 13.8. The van der Waals surface area contributed by atoms with Gasteiger partial charge in [-0.1, -0.05) is 28.1 Å². The maximum Gasteiger partial charge on any atom is 0.127 e. The third-order valence-corrected chi connectivity index (χ3v) is 4.92. The summed E-state index contributed by atoms with van der Waals surface area (Å²) < 4.78 is 6.94. The van der Waals surface area contributed by atoms with E-state index in [4.69, 9.17) is 22.7 Å².